The number of unbranched alkanes of at least 4 members (excludes halogenated alkanes) is 4. The van der Waals surface area contributed by atoms with E-state index < -0.39 is 0 Å². The Morgan fingerprint density at radius 2 is 0.917 bits per heavy atom. The molecule has 0 aromatic carbocycles. The highest BCUT2D eigenvalue weighted by Crippen LogP contribution is 2.21. The molecular weight excluding hydrogens is 300 g/mol. The van der Waals surface area contributed by atoms with Gasteiger partial charge in [-0.25, -0.2) is 0 Å². The molecular formula is C21H44O3. The lowest BCUT2D eigenvalue weighted by Crippen LogP contribution is -2.19. The molecule has 0 rings (SSSR count). The van der Waals surface area contributed by atoms with Crippen molar-refractivity contribution in [2.45, 2.75) is 98.5 Å². The molecule has 0 aromatic rings. The van der Waals surface area contributed by atoms with Gasteiger partial charge in [-0.3, -0.25) is 0 Å². The normalized spacial score (nSPS) is 12.8. The molecule has 3 heteroatoms. The molecule has 0 saturated carbocycles. The largest absolute Gasteiger partial charge is 0.381 e. The molecule has 146 valence electrons. The molecule has 0 atom stereocenters. The van der Waals surface area contributed by atoms with Crippen LogP contribution in [-0.2, 0) is 14.2 Å². The van der Waals surface area contributed by atoms with E-state index in [1.807, 2.05) is 0 Å². The maximum atomic E-state index is 5.69. The predicted octanol–water partition coefficient (Wildman–Crippen LogP) is 6.00. The van der Waals surface area contributed by atoms with Gasteiger partial charge in [-0.15, -0.1) is 0 Å². The predicted molar refractivity (Wildman–Crippen MR) is 104 cm³/mol. The summed E-state index contributed by atoms with van der Waals surface area (Å²) in [5, 5.41) is 0. The Labute approximate surface area is 151 Å². The third-order valence-corrected chi connectivity index (χ3v) is 3.76. The minimum atomic E-state index is -0.0204. The van der Waals surface area contributed by atoms with Gasteiger partial charge in [0.25, 0.3) is 0 Å². The third kappa shape index (κ3) is 21.9. The van der Waals surface area contributed by atoms with Crippen LogP contribution in [0.5, 0.6) is 0 Å². The average molecular weight is 345 g/mol. The Kier molecular flexibility index (Phi) is 14.0. The summed E-state index contributed by atoms with van der Waals surface area (Å²) in [6.45, 7) is 17.5. The molecule has 3 nitrogen and oxygen atoms in total. The van der Waals surface area contributed by atoms with E-state index in [4.69, 9.17) is 14.2 Å². The van der Waals surface area contributed by atoms with Crippen molar-refractivity contribution in [1.29, 1.82) is 0 Å². The van der Waals surface area contributed by atoms with Crippen molar-refractivity contribution in [1.82, 2.24) is 0 Å². The average Bonchev–Trinajstić information content (AvgIpc) is 2.44. The standard InChI is InChI=1S/C21H44O3/c1-20(2,3)14-8-7-9-15-22-16-10-11-17-23-18-12-13-19-24-21(4,5)6/h7-19H2,1-6H3. The molecule has 0 aliphatic heterocycles. The lowest BCUT2D eigenvalue weighted by atomic mass is 9.89. The van der Waals surface area contributed by atoms with Crippen LogP contribution in [0.3, 0.4) is 0 Å². The molecule has 0 saturated heterocycles. The number of hydrogen-bond acceptors (Lipinski definition) is 3. The zero-order chi connectivity index (χ0) is 18.3. The Balaban J connectivity index is 3.08. The summed E-state index contributed by atoms with van der Waals surface area (Å²) in [5.41, 5.74) is 0.452. The van der Waals surface area contributed by atoms with E-state index in [0.717, 1.165) is 58.7 Å². The summed E-state index contributed by atoms with van der Waals surface area (Å²) in [6, 6.07) is 0. The number of rotatable bonds is 15. The molecule has 0 aliphatic rings. The summed E-state index contributed by atoms with van der Waals surface area (Å²) in [5.74, 6) is 0. The summed E-state index contributed by atoms with van der Waals surface area (Å²) in [7, 11) is 0. The van der Waals surface area contributed by atoms with Crippen LogP contribution in [0.1, 0.15) is 92.9 Å². The SMILES string of the molecule is CC(C)(C)CCCCCOCCCCOCCCCOC(C)(C)C. The summed E-state index contributed by atoms with van der Waals surface area (Å²) < 4.78 is 17.0. The molecule has 0 unspecified atom stereocenters. The van der Waals surface area contributed by atoms with Gasteiger partial charge in [0.2, 0.25) is 0 Å². The lowest BCUT2D eigenvalue weighted by molar-refractivity contribution is -0.00739. The Hall–Kier alpha value is -0.120. The fourth-order valence-electron chi connectivity index (χ4n) is 2.33. The van der Waals surface area contributed by atoms with Crippen LogP contribution in [0, 0.1) is 5.41 Å². The molecule has 0 fully saturated rings. The van der Waals surface area contributed by atoms with Gasteiger partial charge in [-0.05, 0) is 64.7 Å². The van der Waals surface area contributed by atoms with Gasteiger partial charge in [0.15, 0.2) is 0 Å². The molecule has 0 aliphatic carbocycles. The third-order valence-electron chi connectivity index (χ3n) is 3.76. The van der Waals surface area contributed by atoms with E-state index in [2.05, 4.69) is 41.5 Å². The van der Waals surface area contributed by atoms with Crippen LogP contribution in [0.4, 0.5) is 0 Å². The van der Waals surface area contributed by atoms with Crippen molar-refractivity contribution in [3.05, 3.63) is 0 Å². The second-order valence-electron chi connectivity index (χ2n) is 8.97. The van der Waals surface area contributed by atoms with Crippen molar-refractivity contribution < 1.29 is 14.2 Å². The monoisotopic (exact) mass is 344 g/mol. The van der Waals surface area contributed by atoms with E-state index in [1.165, 1.54) is 25.7 Å². The molecule has 0 N–H and O–H groups in total. The second-order valence-corrected chi connectivity index (χ2v) is 8.97. The Morgan fingerprint density at radius 3 is 1.33 bits per heavy atom. The van der Waals surface area contributed by atoms with Gasteiger partial charge < -0.3 is 14.2 Å². The van der Waals surface area contributed by atoms with Crippen LogP contribution in [-0.4, -0.2) is 38.6 Å². The smallest absolute Gasteiger partial charge is 0.0598 e. The van der Waals surface area contributed by atoms with E-state index in [9.17, 15) is 0 Å². The van der Waals surface area contributed by atoms with Crippen molar-refractivity contribution in [2.75, 3.05) is 33.0 Å². The first kappa shape index (κ1) is 23.9. The Bertz CT molecular complexity index is 235. The van der Waals surface area contributed by atoms with Gasteiger partial charge in [0.05, 0.1) is 5.60 Å². The summed E-state index contributed by atoms with van der Waals surface area (Å²) in [6.07, 6.45) is 9.49. The maximum absolute atomic E-state index is 5.69. The first-order valence-electron chi connectivity index (χ1n) is 10.0. The zero-order valence-corrected chi connectivity index (χ0v) is 17.4. The van der Waals surface area contributed by atoms with Crippen molar-refractivity contribution in [3.8, 4) is 0 Å². The molecule has 0 heterocycles. The molecule has 24 heavy (non-hydrogen) atoms. The van der Waals surface area contributed by atoms with Gasteiger partial charge in [0.1, 0.15) is 0 Å². The first-order chi connectivity index (χ1) is 11.2. The minimum Gasteiger partial charge on any atom is -0.381 e. The molecule has 0 bridgehead atoms. The van der Waals surface area contributed by atoms with E-state index in [1.54, 1.807) is 0 Å². The highest BCUT2D eigenvalue weighted by Gasteiger charge is 2.09. The first-order valence-corrected chi connectivity index (χ1v) is 10.0. The molecule has 0 radical (unpaired) electrons. The van der Waals surface area contributed by atoms with Crippen LogP contribution in [0.2, 0.25) is 0 Å². The van der Waals surface area contributed by atoms with E-state index in [0.29, 0.717) is 5.41 Å². The van der Waals surface area contributed by atoms with Crippen molar-refractivity contribution >= 4 is 0 Å². The van der Waals surface area contributed by atoms with Crippen molar-refractivity contribution in [2.24, 2.45) is 5.41 Å². The minimum absolute atomic E-state index is 0.0204. The van der Waals surface area contributed by atoms with Crippen LogP contribution in [0.15, 0.2) is 0 Å². The van der Waals surface area contributed by atoms with Gasteiger partial charge >= 0.3 is 0 Å². The van der Waals surface area contributed by atoms with Crippen LogP contribution < -0.4 is 0 Å². The molecule has 0 spiro atoms. The lowest BCUT2D eigenvalue weighted by Gasteiger charge is -2.19. The zero-order valence-electron chi connectivity index (χ0n) is 17.4. The number of hydrogen-bond donors (Lipinski definition) is 0. The molecule has 0 aromatic heterocycles. The van der Waals surface area contributed by atoms with E-state index in [-0.39, 0.29) is 5.60 Å². The maximum Gasteiger partial charge on any atom is 0.0598 e. The van der Waals surface area contributed by atoms with Gasteiger partial charge in [-0.2, -0.15) is 0 Å². The van der Waals surface area contributed by atoms with Gasteiger partial charge in [0, 0.05) is 33.0 Å². The highest BCUT2D eigenvalue weighted by atomic mass is 16.5. The summed E-state index contributed by atoms with van der Waals surface area (Å²) in [4.78, 5) is 0. The van der Waals surface area contributed by atoms with Crippen LogP contribution >= 0.6 is 0 Å². The Morgan fingerprint density at radius 1 is 0.500 bits per heavy atom. The highest BCUT2D eigenvalue weighted by molar-refractivity contribution is 4.61. The quantitative estimate of drug-likeness (QED) is 0.341. The van der Waals surface area contributed by atoms with Gasteiger partial charge in [-0.1, -0.05) is 33.6 Å². The van der Waals surface area contributed by atoms with E-state index >= 15 is 0 Å². The fraction of sp³-hybridized carbons (Fsp3) is 1.00. The topological polar surface area (TPSA) is 27.7 Å². The second kappa shape index (κ2) is 14.1. The summed E-state index contributed by atoms with van der Waals surface area (Å²) >= 11 is 0. The fourth-order valence-corrected chi connectivity index (χ4v) is 2.33. The van der Waals surface area contributed by atoms with Crippen LogP contribution in [0.25, 0.3) is 0 Å². The number of ether oxygens (including phenoxy) is 3. The van der Waals surface area contributed by atoms with Crippen molar-refractivity contribution in [3.63, 3.8) is 0 Å². The molecule has 0 amide bonds.